The lowest BCUT2D eigenvalue weighted by Crippen LogP contribution is -2.09. The molecule has 0 aliphatic rings. The van der Waals surface area contributed by atoms with E-state index in [1.54, 1.807) is 7.11 Å². The first-order valence-electron chi connectivity index (χ1n) is 9.22. The van der Waals surface area contributed by atoms with Crippen LogP contribution in [0.5, 0.6) is 11.5 Å². The molecule has 0 saturated heterocycles. The minimum Gasteiger partial charge on any atom is -0.496 e. The number of hydrogen-bond acceptors (Lipinski definition) is 4. The van der Waals surface area contributed by atoms with Gasteiger partial charge in [-0.05, 0) is 30.9 Å². The fourth-order valence-corrected chi connectivity index (χ4v) is 2.83. The molecule has 0 bridgehead atoms. The lowest BCUT2D eigenvalue weighted by atomic mass is 9.89. The van der Waals surface area contributed by atoms with E-state index in [1.165, 1.54) is 0 Å². The summed E-state index contributed by atoms with van der Waals surface area (Å²) in [5.74, 6) is 0.621. The van der Waals surface area contributed by atoms with E-state index in [-0.39, 0.29) is 12.3 Å². The predicted octanol–water partition coefficient (Wildman–Crippen LogP) is 4.64. The number of carboxylic acids is 1. The van der Waals surface area contributed by atoms with E-state index in [0.717, 1.165) is 43.4 Å². The Morgan fingerprint density at radius 3 is 2.60 bits per heavy atom. The number of unbranched alkanes of at least 4 members (excludes halogenated alkanes) is 2. The Morgan fingerprint density at radius 1 is 1.16 bits per heavy atom. The summed E-state index contributed by atoms with van der Waals surface area (Å²) >= 11 is 0. The second-order valence-corrected chi connectivity index (χ2v) is 6.09. The molecular weight excluding hydrogens is 320 g/mol. The van der Waals surface area contributed by atoms with E-state index >= 15 is 0 Å². The molecular formula is C20H32O5. The van der Waals surface area contributed by atoms with Gasteiger partial charge >= 0.3 is 5.97 Å². The molecule has 1 aromatic carbocycles. The van der Waals surface area contributed by atoms with Crippen molar-refractivity contribution < 1.29 is 24.1 Å². The molecule has 0 aliphatic carbocycles. The van der Waals surface area contributed by atoms with Crippen molar-refractivity contribution in [2.45, 2.75) is 58.3 Å². The van der Waals surface area contributed by atoms with E-state index in [1.807, 2.05) is 25.1 Å². The third kappa shape index (κ3) is 8.25. The second kappa shape index (κ2) is 12.6. The molecule has 1 N–H and O–H groups in total. The quantitative estimate of drug-likeness (QED) is 0.494. The van der Waals surface area contributed by atoms with Crippen LogP contribution in [-0.2, 0) is 9.53 Å². The Bertz CT molecular complexity index is 501. The summed E-state index contributed by atoms with van der Waals surface area (Å²) in [6.07, 6.45) is 5.05. The maximum absolute atomic E-state index is 11.2. The molecule has 142 valence electrons. The third-order valence-corrected chi connectivity index (χ3v) is 4.13. The van der Waals surface area contributed by atoms with Crippen molar-refractivity contribution in [2.75, 3.05) is 26.9 Å². The average Bonchev–Trinajstić information content (AvgIpc) is 2.60. The summed E-state index contributed by atoms with van der Waals surface area (Å²) in [6.45, 7) is 6.09. The van der Waals surface area contributed by atoms with Gasteiger partial charge in [-0.25, -0.2) is 0 Å². The van der Waals surface area contributed by atoms with Crippen LogP contribution in [-0.4, -0.2) is 38.0 Å². The molecule has 0 spiro atoms. The zero-order valence-electron chi connectivity index (χ0n) is 15.8. The molecule has 1 unspecified atom stereocenters. The molecule has 0 heterocycles. The monoisotopic (exact) mass is 352 g/mol. The van der Waals surface area contributed by atoms with Gasteiger partial charge in [0.05, 0.1) is 20.1 Å². The van der Waals surface area contributed by atoms with E-state index in [9.17, 15) is 9.90 Å². The summed E-state index contributed by atoms with van der Waals surface area (Å²) in [6, 6.07) is 5.69. The molecule has 0 fully saturated rings. The number of ether oxygens (including phenoxy) is 3. The van der Waals surface area contributed by atoms with E-state index in [0.29, 0.717) is 25.6 Å². The van der Waals surface area contributed by atoms with Crippen LogP contribution in [0.25, 0.3) is 0 Å². The zero-order valence-corrected chi connectivity index (χ0v) is 15.8. The zero-order chi connectivity index (χ0) is 18.5. The summed E-state index contributed by atoms with van der Waals surface area (Å²) < 4.78 is 16.5. The standard InChI is InChI=1S/C20H32O5/c1-4-6-7-9-16(14-20(21)22)18-11-10-17(15-19(18)23-3)25-13-8-12-24-5-2/h10-11,15-16H,4-9,12-14H2,1-3H3,(H,21,22). The van der Waals surface area contributed by atoms with Gasteiger partial charge in [0.2, 0.25) is 0 Å². The minimum atomic E-state index is -0.778. The van der Waals surface area contributed by atoms with Crippen LogP contribution < -0.4 is 9.47 Å². The lowest BCUT2D eigenvalue weighted by molar-refractivity contribution is -0.137. The van der Waals surface area contributed by atoms with Crippen molar-refractivity contribution in [3.63, 3.8) is 0 Å². The Labute approximate surface area is 151 Å². The van der Waals surface area contributed by atoms with Gasteiger partial charge in [-0.3, -0.25) is 4.79 Å². The Hall–Kier alpha value is -1.75. The van der Waals surface area contributed by atoms with Gasteiger partial charge in [0, 0.05) is 25.7 Å². The third-order valence-electron chi connectivity index (χ3n) is 4.13. The lowest BCUT2D eigenvalue weighted by Gasteiger charge is -2.19. The van der Waals surface area contributed by atoms with Crippen molar-refractivity contribution >= 4 is 5.97 Å². The van der Waals surface area contributed by atoms with Gasteiger partial charge in [0.25, 0.3) is 0 Å². The van der Waals surface area contributed by atoms with Gasteiger partial charge in [0.1, 0.15) is 11.5 Å². The maximum Gasteiger partial charge on any atom is 0.303 e. The van der Waals surface area contributed by atoms with Gasteiger partial charge in [-0.15, -0.1) is 0 Å². The number of benzene rings is 1. The molecule has 0 saturated carbocycles. The van der Waals surface area contributed by atoms with Crippen LogP contribution in [0.4, 0.5) is 0 Å². The molecule has 0 amide bonds. The molecule has 1 atom stereocenters. The normalized spacial score (nSPS) is 12.0. The first kappa shape index (κ1) is 21.3. The van der Waals surface area contributed by atoms with Crippen molar-refractivity contribution in [1.82, 2.24) is 0 Å². The van der Waals surface area contributed by atoms with Crippen molar-refractivity contribution in [2.24, 2.45) is 0 Å². The van der Waals surface area contributed by atoms with Crippen molar-refractivity contribution in [1.29, 1.82) is 0 Å². The van der Waals surface area contributed by atoms with Crippen LogP contribution in [0.1, 0.15) is 63.9 Å². The fourth-order valence-electron chi connectivity index (χ4n) is 2.83. The van der Waals surface area contributed by atoms with Gasteiger partial charge in [0.15, 0.2) is 0 Å². The average molecular weight is 352 g/mol. The molecule has 0 aliphatic heterocycles. The van der Waals surface area contributed by atoms with Gasteiger partial charge in [-0.1, -0.05) is 32.3 Å². The Morgan fingerprint density at radius 2 is 1.96 bits per heavy atom. The highest BCUT2D eigenvalue weighted by Gasteiger charge is 2.19. The van der Waals surface area contributed by atoms with Crippen molar-refractivity contribution in [3.8, 4) is 11.5 Å². The number of aliphatic carboxylic acids is 1. The van der Waals surface area contributed by atoms with Gasteiger partial charge < -0.3 is 19.3 Å². The van der Waals surface area contributed by atoms with Crippen LogP contribution >= 0.6 is 0 Å². The topological polar surface area (TPSA) is 65.0 Å². The summed E-state index contributed by atoms with van der Waals surface area (Å²) in [5.41, 5.74) is 0.947. The first-order chi connectivity index (χ1) is 12.1. The molecule has 1 rings (SSSR count). The number of hydrogen-bond donors (Lipinski definition) is 1. The van der Waals surface area contributed by atoms with E-state index in [4.69, 9.17) is 14.2 Å². The van der Waals surface area contributed by atoms with Gasteiger partial charge in [-0.2, -0.15) is 0 Å². The molecule has 5 heteroatoms. The SMILES string of the molecule is CCCCCC(CC(=O)O)c1ccc(OCCCOCC)cc1OC. The Balaban J connectivity index is 2.76. The number of rotatable bonds is 14. The molecule has 1 aromatic rings. The van der Waals surface area contributed by atoms with E-state index < -0.39 is 5.97 Å². The highest BCUT2D eigenvalue weighted by atomic mass is 16.5. The summed E-state index contributed by atoms with van der Waals surface area (Å²) in [4.78, 5) is 11.2. The van der Waals surface area contributed by atoms with Crippen LogP contribution in [0.2, 0.25) is 0 Å². The molecule has 0 radical (unpaired) electrons. The molecule has 5 nitrogen and oxygen atoms in total. The maximum atomic E-state index is 11.2. The second-order valence-electron chi connectivity index (χ2n) is 6.09. The predicted molar refractivity (Wildman–Crippen MR) is 98.7 cm³/mol. The smallest absolute Gasteiger partial charge is 0.303 e. The summed E-state index contributed by atoms with van der Waals surface area (Å²) in [7, 11) is 1.61. The largest absolute Gasteiger partial charge is 0.496 e. The highest BCUT2D eigenvalue weighted by molar-refractivity contribution is 5.68. The van der Waals surface area contributed by atoms with Crippen LogP contribution in [0, 0.1) is 0 Å². The minimum absolute atomic E-state index is 0.0361. The number of carbonyl (C=O) groups is 1. The summed E-state index contributed by atoms with van der Waals surface area (Å²) in [5, 5.41) is 9.23. The Kier molecular flexibility index (Phi) is 10.7. The number of methoxy groups -OCH3 is 1. The molecule has 0 aromatic heterocycles. The van der Waals surface area contributed by atoms with Crippen LogP contribution in [0.15, 0.2) is 18.2 Å². The first-order valence-corrected chi connectivity index (χ1v) is 9.22. The molecule has 25 heavy (non-hydrogen) atoms. The highest BCUT2D eigenvalue weighted by Crippen LogP contribution is 2.35. The van der Waals surface area contributed by atoms with Crippen molar-refractivity contribution in [3.05, 3.63) is 23.8 Å². The number of carboxylic acid groups (broad SMARTS) is 1. The fraction of sp³-hybridized carbons (Fsp3) is 0.650. The van der Waals surface area contributed by atoms with E-state index in [2.05, 4.69) is 6.92 Å². The van der Waals surface area contributed by atoms with Crippen LogP contribution in [0.3, 0.4) is 0 Å².